The minimum atomic E-state index is -1.16. The van der Waals surface area contributed by atoms with Gasteiger partial charge in [0.1, 0.15) is 0 Å². The summed E-state index contributed by atoms with van der Waals surface area (Å²) in [5.41, 5.74) is 7.92. The fourth-order valence-electron chi connectivity index (χ4n) is 3.43. The highest BCUT2D eigenvalue weighted by Gasteiger charge is 2.27. The molecule has 1 aliphatic rings. The van der Waals surface area contributed by atoms with E-state index in [0.29, 0.717) is 36.8 Å². The van der Waals surface area contributed by atoms with Crippen molar-refractivity contribution in [3.63, 3.8) is 0 Å². The minimum absolute atomic E-state index is 0.0454. The summed E-state index contributed by atoms with van der Waals surface area (Å²) < 4.78 is 5.45. The molecule has 1 heterocycles. The molecular formula is C19H22N4O4. The first-order valence-electron chi connectivity index (χ1n) is 8.82. The number of nitrogens with one attached hydrogen (secondary N) is 1. The topological polar surface area (TPSA) is 127 Å². The number of carboxylic acid groups (broad SMARTS) is 1. The molecule has 0 aliphatic heterocycles. The van der Waals surface area contributed by atoms with E-state index in [4.69, 9.17) is 10.5 Å². The quantitative estimate of drug-likeness (QED) is 0.709. The Balaban J connectivity index is 1.89. The summed E-state index contributed by atoms with van der Waals surface area (Å²) >= 11 is 0. The van der Waals surface area contributed by atoms with Crippen LogP contribution in [0.1, 0.15) is 50.9 Å². The van der Waals surface area contributed by atoms with E-state index in [1.54, 1.807) is 12.1 Å². The third-order valence-corrected chi connectivity index (χ3v) is 4.56. The maximum absolute atomic E-state index is 11.9. The van der Waals surface area contributed by atoms with Gasteiger partial charge in [0, 0.05) is 17.8 Å². The van der Waals surface area contributed by atoms with Crippen LogP contribution in [0.3, 0.4) is 0 Å². The van der Waals surface area contributed by atoms with Gasteiger partial charge in [-0.05, 0) is 50.3 Å². The number of primary amides is 1. The number of carbonyl (C=O) groups excluding carboxylic acids is 1. The van der Waals surface area contributed by atoms with Gasteiger partial charge in [-0.2, -0.15) is 4.98 Å². The molecule has 0 radical (unpaired) electrons. The second-order valence-electron chi connectivity index (χ2n) is 6.48. The molecule has 0 saturated heterocycles. The lowest BCUT2D eigenvalue weighted by atomic mass is 9.83. The summed E-state index contributed by atoms with van der Waals surface area (Å²) in [5.74, 6) is -0.947. The molecular weight excluding hydrogens is 348 g/mol. The third kappa shape index (κ3) is 3.99. The average molecular weight is 370 g/mol. The van der Waals surface area contributed by atoms with Crippen molar-refractivity contribution in [1.29, 1.82) is 0 Å². The Kier molecular flexibility index (Phi) is 5.25. The van der Waals surface area contributed by atoms with Gasteiger partial charge in [-0.15, -0.1) is 0 Å². The normalized spacial score (nSPS) is 15.7. The van der Waals surface area contributed by atoms with Gasteiger partial charge in [-0.1, -0.05) is 6.07 Å². The monoisotopic (exact) mass is 370 g/mol. The zero-order valence-electron chi connectivity index (χ0n) is 15.3. The van der Waals surface area contributed by atoms with Gasteiger partial charge in [-0.3, -0.25) is 4.79 Å². The number of nitrogens with two attached hydrogens (primary N) is 1. The van der Waals surface area contributed by atoms with Crippen LogP contribution in [-0.4, -0.2) is 39.6 Å². The highest BCUT2D eigenvalue weighted by Crippen LogP contribution is 2.28. The van der Waals surface area contributed by atoms with E-state index < -0.39 is 11.9 Å². The molecule has 0 bridgehead atoms. The number of benzene rings is 1. The Morgan fingerprint density at radius 1 is 1.37 bits per heavy atom. The number of anilines is 1. The number of amides is 1. The molecule has 27 heavy (non-hydrogen) atoms. The average Bonchev–Trinajstić information content (AvgIpc) is 2.60. The number of nitrogens with zero attached hydrogens (tertiary/aromatic N) is 2. The number of hydrogen-bond donors (Lipinski definition) is 3. The van der Waals surface area contributed by atoms with Crippen LogP contribution in [0.15, 0.2) is 18.2 Å². The van der Waals surface area contributed by atoms with Crippen molar-refractivity contribution in [3.8, 4) is 5.88 Å². The number of aryl methyl sites for hydroxylation is 2. The van der Waals surface area contributed by atoms with Crippen molar-refractivity contribution in [2.24, 2.45) is 5.73 Å². The predicted molar refractivity (Wildman–Crippen MR) is 99.3 cm³/mol. The van der Waals surface area contributed by atoms with Gasteiger partial charge in [0.2, 0.25) is 17.7 Å². The molecule has 1 amide bonds. The SMILES string of the molecule is CCOc1cc(C)nc(NC2CCc3ccc(C(=O)O)c(C(N)=O)c3C2)n1. The minimum Gasteiger partial charge on any atom is -0.478 e. The van der Waals surface area contributed by atoms with Crippen LogP contribution < -0.4 is 15.8 Å². The maximum atomic E-state index is 11.9. The van der Waals surface area contributed by atoms with Gasteiger partial charge >= 0.3 is 5.97 Å². The van der Waals surface area contributed by atoms with E-state index in [0.717, 1.165) is 17.7 Å². The third-order valence-electron chi connectivity index (χ3n) is 4.56. The van der Waals surface area contributed by atoms with Crippen LogP contribution in [0, 0.1) is 6.92 Å². The Morgan fingerprint density at radius 3 is 2.81 bits per heavy atom. The fraction of sp³-hybridized carbons (Fsp3) is 0.368. The Bertz CT molecular complexity index is 898. The molecule has 1 atom stereocenters. The van der Waals surface area contributed by atoms with Crippen molar-refractivity contribution in [1.82, 2.24) is 9.97 Å². The smallest absolute Gasteiger partial charge is 0.336 e. The highest BCUT2D eigenvalue weighted by atomic mass is 16.5. The molecule has 0 fully saturated rings. The van der Waals surface area contributed by atoms with E-state index in [2.05, 4.69) is 15.3 Å². The second-order valence-corrected chi connectivity index (χ2v) is 6.48. The lowest BCUT2D eigenvalue weighted by molar-refractivity contribution is 0.0691. The molecule has 0 spiro atoms. The zero-order valence-corrected chi connectivity index (χ0v) is 15.3. The number of aromatic nitrogens is 2. The standard InChI is InChI=1S/C19H22N4O4/c1-3-27-15-8-10(2)21-19(23-15)22-12-6-4-11-5-7-13(18(25)26)16(17(20)24)14(11)9-12/h5,7-8,12H,3-4,6,9H2,1-2H3,(H2,20,24)(H,25,26)(H,21,22,23). The van der Waals surface area contributed by atoms with Crippen LogP contribution in [0.25, 0.3) is 0 Å². The van der Waals surface area contributed by atoms with Gasteiger partial charge in [0.25, 0.3) is 0 Å². The van der Waals surface area contributed by atoms with Crippen LogP contribution in [0.5, 0.6) is 5.88 Å². The Hall–Kier alpha value is -3.16. The summed E-state index contributed by atoms with van der Waals surface area (Å²) in [6.45, 7) is 4.25. The maximum Gasteiger partial charge on any atom is 0.336 e. The Labute approximate surface area is 156 Å². The number of carbonyl (C=O) groups is 2. The number of ether oxygens (including phenoxy) is 1. The molecule has 1 aromatic heterocycles. The molecule has 2 aromatic rings. The summed E-state index contributed by atoms with van der Waals surface area (Å²) in [6.07, 6.45) is 1.98. The van der Waals surface area contributed by atoms with E-state index in [1.807, 2.05) is 13.8 Å². The number of rotatable bonds is 6. The Morgan fingerprint density at radius 2 is 2.15 bits per heavy atom. The molecule has 8 nitrogen and oxygen atoms in total. The fourth-order valence-corrected chi connectivity index (χ4v) is 3.43. The van der Waals surface area contributed by atoms with Crippen molar-refractivity contribution in [2.45, 2.75) is 39.2 Å². The van der Waals surface area contributed by atoms with Crippen LogP contribution in [0.2, 0.25) is 0 Å². The van der Waals surface area contributed by atoms with Crippen molar-refractivity contribution < 1.29 is 19.4 Å². The van der Waals surface area contributed by atoms with E-state index in [1.165, 1.54) is 6.07 Å². The lowest BCUT2D eigenvalue weighted by Crippen LogP contribution is -2.31. The first-order chi connectivity index (χ1) is 12.9. The number of aromatic carboxylic acids is 1. The molecule has 1 aromatic carbocycles. The van der Waals surface area contributed by atoms with Crippen molar-refractivity contribution >= 4 is 17.8 Å². The summed E-state index contributed by atoms with van der Waals surface area (Å²) in [5, 5.41) is 12.6. The number of hydrogen-bond acceptors (Lipinski definition) is 6. The molecule has 4 N–H and O–H groups in total. The van der Waals surface area contributed by atoms with Crippen LogP contribution in [0.4, 0.5) is 5.95 Å². The molecule has 8 heteroatoms. The van der Waals surface area contributed by atoms with E-state index >= 15 is 0 Å². The van der Waals surface area contributed by atoms with Crippen molar-refractivity contribution in [2.75, 3.05) is 11.9 Å². The van der Waals surface area contributed by atoms with Crippen LogP contribution >= 0.6 is 0 Å². The van der Waals surface area contributed by atoms with Gasteiger partial charge in [-0.25, -0.2) is 9.78 Å². The predicted octanol–water partition coefficient (Wildman–Crippen LogP) is 1.95. The highest BCUT2D eigenvalue weighted by molar-refractivity contribution is 6.05. The number of fused-ring (bicyclic) bond motifs is 1. The molecule has 1 unspecified atom stereocenters. The number of carboxylic acids is 1. The first-order valence-corrected chi connectivity index (χ1v) is 8.82. The largest absolute Gasteiger partial charge is 0.478 e. The molecule has 1 aliphatic carbocycles. The molecule has 0 saturated carbocycles. The second kappa shape index (κ2) is 7.61. The first kappa shape index (κ1) is 18.6. The summed E-state index contributed by atoms with van der Waals surface area (Å²) in [7, 11) is 0. The van der Waals surface area contributed by atoms with Crippen LogP contribution in [-0.2, 0) is 12.8 Å². The summed E-state index contributed by atoms with van der Waals surface area (Å²) in [4.78, 5) is 32.1. The van der Waals surface area contributed by atoms with Gasteiger partial charge in [0.15, 0.2) is 0 Å². The van der Waals surface area contributed by atoms with Gasteiger partial charge < -0.3 is 20.9 Å². The zero-order chi connectivity index (χ0) is 19.6. The van der Waals surface area contributed by atoms with E-state index in [9.17, 15) is 14.7 Å². The lowest BCUT2D eigenvalue weighted by Gasteiger charge is -2.27. The molecule has 142 valence electrons. The van der Waals surface area contributed by atoms with Crippen molar-refractivity contribution in [3.05, 3.63) is 46.1 Å². The van der Waals surface area contributed by atoms with E-state index in [-0.39, 0.29) is 17.2 Å². The summed E-state index contributed by atoms with van der Waals surface area (Å²) in [6, 6.07) is 4.93. The van der Waals surface area contributed by atoms with Gasteiger partial charge in [0.05, 0.1) is 17.7 Å². The molecule has 3 rings (SSSR count).